The van der Waals surface area contributed by atoms with Gasteiger partial charge in [0.25, 0.3) is 0 Å². The number of nitrogens with one attached hydrogen (secondary N) is 3. The van der Waals surface area contributed by atoms with Crippen LogP contribution in [0.2, 0.25) is 0 Å². The predicted octanol–water partition coefficient (Wildman–Crippen LogP) is 3.50. The third kappa shape index (κ3) is 5.11. The topological polar surface area (TPSA) is 128 Å². The third-order valence-corrected chi connectivity index (χ3v) is 5.42. The maximum absolute atomic E-state index is 12.2. The minimum Gasteiger partial charge on any atom is -0.495 e. The molecule has 0 unspecified atom stereocenters. The molecule has 10 heteroatoms. The van der Waals surface area contributed by atoms with Gasteiger partial charge in [0.05, 0.1) is 12.8 Å². The van der Waals surface area contributed by atoms with Crippen molar-refractivity contribution in [1.29, 1.82) is 0 Å². The summed E-state index contributed by atoms with van der Waals surface area (Å²) in [6, 6.07) is 7.90. The van der Waals surface area contributed by atoms with Gasteiger partial charge in [-0.15, -0.1) is 0 Å². The molecular weight excluding hydrogens is 422 g/mol. The average molecular weight is 454 g/mol. The van der Waals surface area contributed by atoms with Crippen molar-refractivity contribution in [2.45, 2.75) is 45.3 Å². The molecule has 0 saturated carbocycles. The molecule has 1 aliphatic heterocycles. The molecular formula is C23H31N7O3. The number of anilines is 3. The Morgan fingerprint density at radius 1 is 1.24 bits per heavy atom. The fourth-order valence-corrected chi connectivity index (χ4v) is 3.94. The normalized spacial score (nSPS) is 14.8. The van der Waals surface area contributed by atoms with Crippen molar-refractivity contribution in [2.75, 3.05) is 36.6 Å². The van der Waals surface area contributed by atoms with Crippen molar-refractivity contribution >= 4 is 28.9 Å². The summed E-state index contributed by atoms with van der Waals surface area (Å²) < 4.78 is 12.7. The van der Waals surface area contributed by atoms with Gasteiger partial charge in [0.15, 0.2) is 5.82 Å². The SMILES string of the molecule is COc1cc(-c2cc(NC3CCNCC3)n3ncnc(N)c23)ccc1NC(=O)OC(C)(C)C. The number of nitrogens with two attached hydrogens (primary N) is 1. The van der Waals surface area contributed by atoms with Gasteiger partial charge in [-0.3, -0.25) is 5.32 Å². The number of nitrogen functional groups attached to an aromatic ring is 1. The van der Waals surface area contributed by atoms with Gasteiger partial charge in [-0.25, -0.2) is 14.3 Å². The maximum atomic E-state index is 12.2. The van der Waals surface area contributed by atoms with E-state index in [4.69, 9.17) is 15.2 Å². The van der Waals surface area contributed by atoms with E-state index in [1.54, 1.807) is 17.7 Å². The Labute approximate surface area is 192 Å². The number of rotatable bonds is 5. The highest BCUT2D eigenvalue weighted by atomic mass is 16.6. The molecule has 3 aromatic rings. The average Bonchev–Trinajstić information content (AvgIpc) is 3.13. The molecule has 2 aromatic heterocycles. The number of hydrogen-bond donors (Lipinski definition) is 4. The van der Waals surface area contributed by atoms with Crippen LogP contribution in [0.4, 0.5) is 22.1 Å². The molecule has 0 aliphatic carbocycles. The molecule has 4 rings (SSSR count). The fraction of sp³-hybridized carbons (Fsp3) is 0.435. The first-order valence-corrected chi connectivity index (χ1v) is 11.0. The second-order valence-electron chi connectivity index (χ2n) is 9.06. The number of benzene rings is 1. The molecule has 176 valence electrons. The van der Waals surface area contributed by atoms with E-state index in [1.807, 2.05) is 39.0 Å². The molecule has 1 amide bonds. The highest BCUT2D eigenvalue weighted by Gasteiger charge is 2.21. The lowest BCUT2D eigenvalue weighted by Gasteiger charge is -2.24. The summed E-state index contributed by atoms with van der Waals surface area (Å²) in [6.07, 6.45) is 2.96. The minimum atomic E-state index is -0.599. The number of aromatic nitrogens is 3. The number of methoxy groups -OCH3 is 1. The molecule has 33 heavy (non-hydrogen) atoms. The summed E-state index contributed by atoms with van der Waals surface area (Å²) >= 11 is 0. The monoisotopic (exact) mass is 453 g/mol. The molecule has 0 bridgehead atoms. The standard InChI is InChI=1S/C23H31N7O3/c1-23(2,3)33-22(31)29-17-6-5-14(11-18(17)32-4)16-12-19(28-15-7-9-25-10-8-15)30-20(16)21(24)26-13-27-30/h5-6,11-13,15,25,28H,7-10H2,1-4H3,(H,29,31)(H2,24,26,27). The van der Waals surface area contributed by atoms with Gasteiger partial charge < -0.3 is 25.8 Å². The van der Waals surface area contributed by atoms with Crippen LogP contribution in [0, 0.1) is 0 Å². The molecule has 3 heterocycles. The van der Waals surface area contributed by atoms with Crippen molar-refractivity contribution in [1.82, 2.24) is 19.9 Å². The molecule has 1 fully saturated rings. The zero-order valence-corrected chi connectivity index (χ0v) is 19.4. The molecule has 0 radical (unpaired) electrons. The molecule has 1 aliphatic rings. The van der Waals surface area contributed by atoms with E-state index < -0.39 is 11.7 Å². The van der Waals surface area contributed by atoms with Crippen LogP contribution in [0.3, 0.4) is 0 Å². The predicted molar refractivity (Wildman–Crippen MR) is 129 cm³/mol. The van der Waals surface area contributed by atoms with E-state index in [-0.39, 0.29) is 0 Å². The molecule has 5 N–H and O–H groups in total. The van der Waals surface area contributed by atoms with Gasteiger partial charge in [-0.1, -0.05) is 6.07 Å². The van der Waals surface area contributed by atoms with Gasteiger partial charge >= 0.3 is 6.09 Å². The number of carbonyl (C=O) groups is 1. The summed E-state index contributed by atoms with van der Waals surface area (Å²) in [5.74, 6) is 1.74. The van der Waals surface area contributed by atoms with Crippen LogP contribution in [-0.2, 0) is 4.74 Å². The lowest BCUT2D eigenvalue weighted by Crippen LogP contribution is -2.35. The lowest BCUT2D eigenvalue weighted by atomic mass is 10.1. The van der Waals surface area contributed by atoms with E-state index in [2.05, 4.69) is 26.0 Å². The molecule has 10 nitrogen and oxygen atoms in total. The zero-order chi connectivity index (χ0) is 23.6. The number of hydrogen-bond acceptors (Lipinski definition) is 8. The fourth-order valence-electron chi connectivity index (χ4n) is 3.94. The van der Waals surface area contributed by atoms with E-state index in [9.17, 15) is 4.79 Å². The van der Waals surface area contributed by atoms with Crippen molar-refractivity contribution in [2.24, 2.45) is 0 Å². The zero-order valence-electron chi connectivity index (χ0n) is 19.4. The third-order valence-electron chi connectivity index (χ3n) is 5.42. The van der Waals surface area contributed by atoms with Crippen LogP contribution in [0.1, 0.15) is 33.6 Å². The summed E-state index contributed by atoms with van der Waals surface area (Å²) in [6.45, 7) is 7.40. The number of nitrogens with zero attached hydrogens (tertiary/aromatic N) is 3. The molecule has 0 spiro atoms. The van der Waals surface area contributed by atoms with Crippen molar-refractivity contribution in [3.8, 4) is 16.9 Å². The van der Waals surface area contributed by atoms with Crippen molar-refractivity contribution < 1.29 is 14.3 Å². The Kier molecular flexibility index (Phi) is 6.28. The summed E-state index contributed by atoms with van der Waals surface area (Å²) in [7, 11) is 1.55. The van der Waals surface area contributed by atoms with Gasteiger partial charge in [-0.2, -0.15) is 5.10 Å². The number of piperidine rings is 1. The van der Waals surface area contributed by atoms with Gasteiger partial charge in [0.2, 0.25) is 0 Å². The van der Waals surface area contributed by atoms with Crippen LogP contribution >= 0.6 is 0 Å². The molecule has 1 saturated heterocycles. The molecule has 0 atom stereocenters. The number of carbonyl (C=O) groups excluding carboxylic acids is 1. The highest BCUT2D eigenvalue weighted by Crippen LogP contribution is 2.37. The number of ether oxygens (including phenoxy) is 2. The first-order valence-electron chi connectivity index (χ1n) is 11.0. The second kappa shape index (κ2) is 9.14. The lowest BCUT2D eigenvalue weighted by molar-refractivity contribution is 0.0635. The van der Waals surface area contributed by atoms with E-state index in [0.717, 1.165) is 42.9 Å². The van der Waals surface area contributed by atoms with Gasteiger partial charge in [0, 0.05) is 11.6 Å². The Morgan fingerprint density at radius 2 is 2.00 bits per heavy atom. The summed E-state index contributed by atoms with van der Waals surface area (Å²) in [4.78, 5) is 16.4. The quantitative estimate of drug-likeness (QED) is 0.462. The Balaban J connectivity index is 1.68. The van der Waals surface area contributed by atoms with Crippen LogP contribution < -0.4 is 26.4 Å². The smallest absolute Gasteiger partial charge is 0.412 e. The van der Waals surface area contributed by atoms with E-state index >= 15 is 0 Å². The summed E-state index contributed by atoms with van der Waals surface area (Å²) in [5, 5.41) is 14.2. The first-order chi connectivity index (χ1) is 15.7. The largest absolute Gasteiger partial charge is 0.495 e. The van der Waals surface area contributed by atoms with Crippen molar-refractivity contribution in [3.05, 3.63) is 30.6 Å². The Morgan fingerprint density at radius 3 is 2.70 bits per heavy atom. The Hall–Kier alpha value is -3.53. The van der Waals surface area contributed by atoms with Crippen molar-refractivity contribution in [3.63, 3.8) is 0 Å². The molecule has 1 aromatic carbocycles. The number of fused-ring (bicyclic) bond motifs is 1. The highest BCUT2D eigenvalue weighted by molar-refractivity contribution is 5.93. The van der Waals surface area contributed by atoms with Crippen LogP contribution in [0.25, 0.3) is 16.6 Å². The van der Waals surface area contributed by atoms with Gasteiger partial charge in [-0.05, 0) is 70.5 Å². The van der Waals surface area contributed by atoms with Crippen LogP contribution in [0.15, 0.2) is 30.6 Å². The maximum Gasteiger partial charge on any atom is 0.412 e. The Bertz CT molecular complexity index is 1150. The minimum absolute atomic E-state index is 0.350. The van der Waals surface area contributed by atoms with E-state index in [0.29, 0.717) is 28.8 Å². The van der Waals surface area contributed by atoms with Crippen LogP contribution in [-0.4, -0.2) is 52.5 Å². The van der Waals surface area contributed by atoms with Gasteiger partial charge in [0.1, 0.15) is 29.0 Å². The van der Waals surface area contributed by atoms with E-state index in [1.165, 1.54) is 6.33 Å². The first kappa shape index (κ1) is 22.7. The number of amides is 1. The van der Waals surface area contributed by atoms with Crippen LogP contribution in [0.5, 0.6) is 5.75 Å². The second-order valence-corrected chi connectivity index (χ2v) is 9.06. The summed E-state index contributed by atoms with van der Waals surface area (Å²) in [5.41, 5.74) is 8.60.